The molecule has 1 aromatic carbocycles. The minimum atomic E-state index is -0.801. The third kappa shape index (κ3) is 4.05. The molecule has 21 heavy (non-hydrogen) atoms. The van der Waals surface area contributed by atoms with Crippen LogP contribution in [0, 0.1) is 0 Å². The van der Waals surface area contributed by atoms with Gasteiger partial charge in [-0.2, -0.15) is 0 Å². The van der Waals surface area contributed by atoms with E-state index in [9.17, 15) is 4.79 Å². The van der Waals surface area contributed by atoms with Crippen molar-refractivity contribution < 1.29 is 14.3 Å². The monoisotopic (exact) mass is 291 g/mol. The number of esters is 1. The van der Waals surface area contributed by atoms with Crippen molar-refractivity contribution in [1.82, 2.24) is 5.32 Å². The molecule has 1 atom stereocenters. The lowest BCUT2D eigenvalue weighted by Crippen LogP contribution is -2.51. The quantitative estimate of drug-likeness (QED) is 0.561. The van der Waals surface area contributed by atoms with Crippen LogP contribution in [0.15, 0.2) is 30.3 Å². The molecule has 0 heterocycles. The summed E-state index contributed by atoms with van der Waals surface area (Å²) in [6, 6.07) is 10.2. The Morgan fingerprint density at radius 2 is 2.00 bits per heavy atom. The second kappa shape index (κ2) is 7.57. The van der Waals surface area contributed by atoms with Crippen molar-refractivity contribution in [1.29, 1.82) is 0 Å². The summed E-state index contributed by atoms with van der Waals surface area (Å²) >= 11 is 0. The van der Waals surface area contributed by atoms with Gasteiger partial charge in [0.15, 0.2) is 0 Å². The topological polar surface area (TPSA) is 47.6 Å². The Balaban J connectivity index is 2.22. The third-order valence-electron chi connectivity index (χ3n) is 3.80. The van der Waals surface area contributed by atoms with Crippen molar-refractivity contribution in [3.63, 3.8) is 0 Å². The van der Waals surface area contributed by atoms with E-state index in [-0.39, 0.29) is 5.97 Å². The van der Waals surface area contributed by atoms with Crippen LogP contribution in [0.5, 0.6) is 0 Å². The van der Waals surface area contributed by atoms with E-state index in [2.05, 4.69) is 12.2 Å². The maximum absolute atomic E-state index is 12.5. The number of rotatable bonds is 9. The zero-order valence-corrected chi connectivity index (χ0v) is 12.9. The fourth-order valence-electron chi connectivity index (χ4n) is 2.52. The van der Waals surface area contributed by atoms with E-state index >= 15 is 0 Å². The van der Waals surface area contributed by atoms with Crippen LogP contribution in [-0.2, 0) is 19.8 Å². The largest absolute Gasteiger partial charge is 0.467 e. The Kier molecular flexibility index (Phi) is 5.76. The first-order valence-corrected chi connectivity index (χ1v) is 7.72. The van der Waals surface area contributed by atoms with Crippen molar-refractivity contribution in [3.8, 4) is 0 Å². The maximum Gasteiger partial charge on any atom is 0.330 e. The van der Waals surface area contributed by atoms with E-state index in [0.29, 0.717) is 19.1 Å². The number of benzene rings is 1. The molecule has 1 aliphatic rings. The smallest absolute Gasteiger partial charge is 0.330 e. The average Bonchev–Trinajstić information content (AvgIpc) is 3.34. The molecule has 0 radical (unpaired) electrons. The van der Waals surface area contributed by atoms with Gasteiger partial charge in [-0.1, -0.05) is 37.3 Å². The Morgan fingerprint density at radius 3 is 2.57 bits per heavy atom. The molecule has 0 saturated heterocycles. The minimum Gasteiger partial charge on any atom is -0.467 e. The lowest BCUT2D eigenvalue weighted by atomic mass is 9.86. The van der Waals surface area contributed by atoms with Crippen molar-refractivity contribution in [2.24, 2.45) is 0 Å². The van der Waals surface area contributed by atoms with Crippen LogP contribution in [0.25, 0.3) is 0 Å². The third-order valence-corrected chi connectivity index (χ3v) is 3.80. The van der Waals surface area contributed by atoms with Gasteiger partial charge in [-0.05, 0) is 24.8 Å². The molecule has 1 N–H and O–H groups in total. The highest BCUT2D eigenvalue weighted by Crippen LogP contribution is 2.32. The number of nitrogens with one attached hydrogen (secondary N) is 1. The number of carbonyl (C=O) groups excluding carboxylic acids is 1. The molecule has 0 aliphatic heterocycles. The van der Waals surface area contributed by atoms with E-state index < -0.39 is 5.54 Å². The predicted octanol–water partition coefficient (Wildman–Crippen LogP) is 2.62. The summed E-state index contributed by atoms with van der Waals surface area (Å²) in [6.45, 7) is 3.33. The fourth-order valence-corrected chi connectivity index (χ4v) is 2.52. The van der Waals surface area contributed by atoms with Crippen LogP contribution in [0.3, 0.4) is 0 Å². The minimum absolute atomic E-state index is 0.235. The van der Waals surface area contributed by atoms with Gasteiger partial charge in [0.05, 0.1) is 7.11 Å². The van der Waals surface area contributed by atoms with Gasteiger partial charge in [-0.15, -0.1) is 0 Å². The zero-order valence-electron chi connectivity index (χ0n) is 12.9. The molecule has 0 bridgehead atoms. The Labute approximate surface area is 126 Å². The van der Waals surface area contributed by atoms with Crippen LogP contribution in [0.4, 0.5) is 0 Å². The summed E-state index contributed by atoms with van der Waals surface area (Å²) in [5.74, 6) is -0.235. The van der Waals surface area contributed by atoms with Gasteiger partial charge in [0, 0.05) is 25.7 Å². The Morgan fingerprint density at radius 1 is 1.29 bits per heavy atom. The molecule has 0 spiro atoms. The molecular formula is C17H25NO3. The van der Waals surface area contributed by atoms with E-state index in [0.717, 1.165) is 31.4 Å². The molecule has 116 valence electrons. The number of hydrogen-bond acceptors (Lipinski definition) is 4. The summed E-state index contributed by atoms with van der Waals surface area (Å²) in [5, 5.41) is 3.49. The van der Waals surface area contributed by atoms with Crippen LogP contribution in [0.2, 0.25) is 0 Å². The number of carbonyl (C=O) groups is 1. The van der Waals surface area contributed by atoms with E-state index in [1.165, 1.54) is 7.11 Å². The Bertz CT molecular complexity index is 445. The van der Waals surface area contributed by atoms with Gasteiger partial charge in [0.25, 0.3) is 0 Å². The van der Waals surface area contributed by atoms with Gasteiger partial charge in [-0.25, -0.2) is 4.79 Å². The Hall–Kier alpha value is -1.39. The molecule has 1 fully saturated rings. The molecule has 1 unspecified atom stereocenters. The van der Waals surface area contributed by atoms with Crippen LogP contribution in [-0.4, -0.2) is 32.3 Å². The highest BCUT2D eigenvalue weighted by atomic mass is 16.5. The second-order valence-electron chi connectivity index (χ2n) is 5.54. The molecule has 1 saturated carbocycles. The van der Waals surface area contributed by atoms with E-state index in [4.69, 9.17) is 9.47 Å². The number of methoxy groups -OCH3 is 1. The van der Waals surface area contributed by atoms with Crippen LogP contribution in [0.1, 0.15) is 38.2 Å². The second-order valence-corrected chi connectivity index (χ2v) is 5.54. The van der Waals surface area contributed by atoms with Gasteiger partial charge in [0.1, 0.15) is 5.54 Å². The summed E-state index contributed by atoms with van der Waals surface area (Å²) in [6.07, 6.45) is 3.79. The molecule has 4 nitrogen and oxygen atoms in total. The SMILES string of the molecule is CCCOCCC(NC1CC1)(C(=O)OC)c1ccccc1. The van der Waals surface area contributed by atoms with Crippen molar-refractivity contribution in [2.75, 3.05) is 20.3 Å². The van der Waals surface area contributed by atoms with Crippen molar-refractivity contribution in [3.05, 3.63) is 35.9 Å². The van der Waals surface area contributed by atoms with E-state index in [1.54, 1.807) is 0 Å². The molecule has 4 heteroatoms. The first kappa shape index (κ1) is 16.0. The lowest BCUT2D eigenvalue weighted by molar-refractivity contribution is -0.150. The molecule has 1 aromatic rings. The highest BCUT2D eigenvalue weighted by Gasteiger charge is 2.44. The molecule has 1 aliphatic carbocycles. The van der Waals surface area contributed by atoms with Gasteiger partial charge in [0.2, 0.25) is 0 Å². The number of ether oxygens (including phenoxy) is 2. The van der Waals surface area contributed by atoms with Gasteiger partial charge < -0.3 is 9.47 Å². The summed E-state index contributed by atoms with van der Waals surface area (Å²) < 4.78 is 10.7. The van der Waals surface area contributed by atoms with Crippen LogP contribution < -0.4 is 5.32 Å². The first-order chi connectivity index (χ1) is 10.2. The first-order valence-electron chi connectivity index (χ1n) is 7.72. The zero-order chi connectivity index (χ0) is 15.1. The number of hydrogen-bond donors (Lipinski definition) is 1. The normalized spacial score (nSPS) is 17.2. The van der Waals surface area contributed by atoms with E-state index in [1.807, 2.05) is 30.3 Å². The molecule has 0 aromatic heterocycles. The summed E-state index contributed by atoms with van der Waals surface area (Å²) in [7, 11) is 1.45. The lowest BCUT2D eigenvalue weighted by Gasteiger charge is -2.33. The highest BCUT2D eigenvalue weighted by molar-refractivity contribution is 5.82. The van der Waals surface area contributed by atoms with Gasteiger partial charge >= 0.3 is 5.97 Å². The summed E-state index contributed by atoms with van der Waals surface area (Å²) in [4.78, 5) is 12.5. The van der Waals surface area contributed by atoms with Gasteiger partial charge in [-0.3, -0.25) is 5.32 Å². The molecular weight excluding hydrogens is 266 g/mol. The molecule has 0 amide bonds. The average molecular weight is 291 g/mol. The fraction of sp³-hybridized carbons (Fsp3) is 0.588. The summed E-state index contributed by atoms with van der Waals surface area (Å²) in [5.41, 5.74) is 0.147. The molecule has 2 rings (SSSR count). The standard InChI is InChI=1S/C17H25NO3/c1-3-12-21-13-11-17(16(19)20-2,18-15-9-10-15)14-7-5-4-6-8-14/h4-8,15,18H,3,9-13H2,1-2H3. The van der Waals surface area contributed by atoms with Crippen LogP contribution >= 0.6 is 0 Å². The van der Waals surface area contributed by atoms with Crippen molar-refractivity contribution >= 4 is 5.97 Å². The predicted molar refractivity (Wildman–Crippen MR) is 82.0 cm³/mol. The maximum atomic E-state index is 12.5. The van der Waals surface area contributed by atoms with Crippen molar-refractivity contribution in [2.45, 2.75) is 44.2 Å².